The number of nitrogens with one attached hydrogen (secondary N) is 1. The van der Waals surface area contributed by atoms with Crippen molar-refractivity contribution in [3.05, 3.63) is 71.0 Å². The fourth-order valence-corrected chi connectivity index (χ4v) is 2.76. The van der Waals surface area contributed by atoms with E-state index in [-0.39, 0.29) is 0 Å². The quantitative estimate of drug-likeness (QED) is 0.738. The van der Waals surface area contributed by atoms with Gasteiger partial charge in [-0.2, -0.15) is 0 Å². The van der Waals surface area contributed by atoms with Gasteiger partial charge in [0.15, 0.2) is 0 Å². The van der Waals surface area contributed by atoms with E-state index < -0.39 is 0 Å². The minimum Gasteiger partial charge on any atom is -0.461 e. The molecule has 2 aromatic carbocycles. The maximum Gasteiger partial charge on any atom is 0.134 e. The molecule has 0 fully saturated rings. The Balaban J connectivity index is 1.77. The van der Waals surface area contributed by atoms with E-state index in [0.717, 1.165) is 30.9 Å². The van der Waals surface area contributed by atoms with Gasteiger partial charge in [0.2, 0.25) is 0 Å². The van der Waals surface area contributed by atoms with Gasteiger partial charge in [0.1, 0.15) is 11.3 Å². The molecule has 1 N–H and O–H groups in total. The van der Waals surface area contributed by atoms with Crippen LogP contribution >= 0.6 is 0 Å². The minimum atomic E-state index is 0.842. The molecule has 2 nitrogen and oxygen atoms in total. The third-order valence-corrected chi connectivity index (χ3v) is 3.98. The monoisotopic (exact) mass is 279 g/mol. The van der Waals surface area contributed by atoms with Gasteiger partial charge in [-0.25, -0.2) is 0 Å². The summed E-state index contributed by atoms with van der Waals surface area (Å²) in [6.45, 7) is 6.02. The van der Waals surface area contributed by atoms with E-state index in [0.29, 0.717) is 0 Å². The number of furan rings is 1. The highest BCUT2D eigenvalue weighted by atomic mass is 16.3. The Labute approximate surface area is 125 Å². The van der Waals surface area contributed by atoms with Gasteiger partial charge in [0.25, 0.3) is 0 Å². The average molecular weight is 279 g/mol. The fourth-order valence-electron chi connectivity index (χ4n) is 2.76. The summed E-state index contributed by atoms with van der Waals surface area (Å²) < 4.78 is 5.93. The molecular formula is C19H21NO. The highest BCUT2D eigenvalue weighted by Gasteiger charge is 2.11. The van der Waals surface area contributed by atoms with E-state index in [2.05, 4.69) is 55.6 Å². The molecule has 21 heavy (non-hydrogen) atoms. The van der Waals surface area contributed by atoms with Crippen molar-refractivity contribution in [3.8, 4) is 0 Å². The van der Waals surface area contributed by atoms with Crippen molar-refractivity contribution in [2.45, 2.75) is 33.4 Å². The Hall–Kier alpha value is -2.06. The zero-order valence-corrected chi connectivity index (χ0v) is 12.6. The number of para-hydroxylation sites is 1. The van der Waals surface area contributed by atoms with Crippen molar-refractivity contribution in [3.63, 3.8) is 0 Å². The lowest BCUT2D eigenvalue weighted by atomic mass is 10.1. The zero-order valence-electron chi connectivity index (χ0n) is 12.6. The van der Waals surface area contributed by atoms with Crippen molar-refractivity contribution in [1.82, 2.24) is 5.32 Å². The van der Waals surface area contributed by atoms with Crippen LogP contribution in [-0.4, -0.2) is 0 Å². The molecule has 0 saturated heterocycles. The molecule has 0 aliphatic carbocycles. The van der Waals surface area contributed by atoms with E-state index in [1.54, 1.807) is 0 Å². The van der Waals surface area contributed by atoms with Gasteiger partial charge in [0.05, 0.1) is 0 Å². The second kappa shape index (κ2) is 6.15. The number of hydrogen-bond donors (Lipinski definition) is 1. The summed E-state index contributed by atoms with van der Waals surface area (Å²) in [5, 5.41) is 4.78. The maximum absolute atomic E-state index is 5.93. The average Bonchev–Trinajstić information content (AvgIpc) is 2.87. The molecule has 1 heterocycles. The highest BCUT2D eigenvalue weighted by molar-refractivity contribution is 5.82. The molecule has 0 amide bonds. The summed E-state index contributed by atoms with van der Waals surface area (Å²) in [7, 11) is 0. The Morgan fingerprint density at radius 3 is 2.52 bits per heavy atom. The lowest BCUT2D eigenvalue weighted by Crippen LogP contribution is -2.14. The van der Waals surface area contributed by atoms with Gasteiger partial charge < -0.3 is 9.73 Å². The summed E-state index contributed by atoms with van der Waals surface area (Å²) in [4.78, 5) is 0. The normalized spacial score (nSPS) is 11.1. The van der Waals surface area contributed by atoms with Crippen LogP contribution in [0.4, 0.5) is 0 Å². The summed E-state index contributed by atoms with van der Waals surface area (Å²) in [5.41, 5.74) is 4.96. The predicted molar refractivity (Wildman–Crippen MR) is 87.3 cm³/mol. The van der Waals surface area contributed by atoms with E-state index in [1.807, 2.05) is 12.1 Å². The molecule has 0 aliphatic rings. The molecule has 1 aromatic heterocycles. The van der Waals surface area contributed by atoms with Crippen LogP contribution in [0, 0.1) is 6.92 Å². The van der Waals surface area contributed by atoms with Crippen molar-refractivity contribution in [2.75, 3.05) is 0 Å². The Morgan fingerprint density at radius 2 is 1.71 bits per heavy atom. The smallest absolute Gasteiger partial charge is 0.134 e. The molecule has 108 valence electrons. The summed E-state index contributed by atoms with van der Waals surface area (Å²) in [5.74, 6) is 1.09. The second-order valence-electron chi connectivity index (χ2n) is 5.38. The molecule has 2 heteroatoms. The molecule has 3 rings (SSSR count). The summed E-state index contributed by atoms with van der Waals surface area (Å²) in [6, 6.07) is 16.8. The second-order valence-corrected chi connectivity index (χ2v) is 5.38. The van der Waals surface area contributed by atoms with Crippen LogP contribution in [0.5, 0.6) is 0 Å². The van der Waals surface area contributed by atoms with Gasteiger partial charge in [-0.05, 0) is 24.1 Å². The fraction of sp³-hybridized carbons (Fsp3) is 0.263. The van der Waals surface area contributed by atoms with Gasteiger partial charge in [0, 0.05) is 30.5 Å². The maximum atomic E-state index is 5.93. The molecule has 0 spiro atoms. The number of rotatable bonds is 5. The molecule has 0 atom stereocenters. The largest absolute Gasteiger partial charge is 0.461 e. The highest BCUT2D eigenvalue weighted by Crippen LogP contribution is 2.26. The van der Waals surface area contributed by atoms with E-state index >= 15 is 0 Å². The van der Waals surface area contributed by atoms with Crippen LogP contribution in [0.15, 0.2) is 52.9 Å². The topological polar surface area (TPSA) is 25.2 Å². The molecule has 0 unspecified atom stereocenters. The van der Waals surface area contributed by atoms with Crippen molar-refractivity contribution >= 4 is 11.0 Å². The molecule has 0 bridgehead atoms. The van der Waals surface area contributed by atoms with Crippen LogP contribution in [0.3, 0.4) is 0 Å². The van der Waals surface area contributed by atoms with E-state index in [1.165, 1.54) is 22.1 Å². The molecule has 0 radical (unpaired) electrons. The first kappa shape index (κ1) is 13.9. The minimum absolute atomic E-state index is 0.842. The Morgan fingerprint density at radius 1 is 0.952 bits per heavy atom. The standard InChI is InChI=1S/C19H21NO/c1-3-18-17(16-10-6-7-11-19(16)21-18)13-20-12-15-9-5-4-8-14(15)2/h4-11,20H,3,12-13H2,1-2H3. The van der Waals surface area contributed by atoms with Crippen LogP contribution < -0.4 is 5.32 Å². The lowest BCUT2D eigenvalue weighted by molar-refractivity contribution is 0.544. The molecule has 3 aromatic rings. The third-order valence-electron chi connectivity index (χ3n) is 3.98. The zero-order chi connectivity index (χ0) is 14.7. The van der Waals surface area contributed by atoms with Crippen molar-refractivity contribution < 1.29 is 4.42 Å². The first-order valence-corrected chi connectivity index (χ1v) is 7.54. The summed E-state index contributed by atoms with van der Waals surface area (Å²) in [6.07, 6.45) is 0.927. The van der Waals surface area contributed by atoms with Gasteiger partial charge >= 0.3 is 0 Å². The van der Waals surface area contributed by atoms with Gasteiger partial charge in [-0.3, -0.25) is 0 Å². The Bertz CT molecular complexity index is 742. The third kappa shape index (κ3) is 2.86. The van der Waals surface area contributed by atoms with Crippen LogP contribution in [0.25, 0.3) is 11.0 Å². The number of fused-ring (bicyclic) bond motifs is 1. The lowest BCUT2D eigenvalue weighted by Gasteiger charge is -2.08. The van der Waals surface area contributed by atoms with Crippen LogP contribution in [-0.2, 0) is 19.5 Å². The van der Waals surface area contributed by atoms with Crippen molar-refractivity contribution in [2.24, 2.45) is 0 Å². The van der Waals surface area contributed by atoms with Crippen LogP contribution in [0.1, 0.15) is 29.4 Å². The SMILES string of the molecule is CCc1oc2ccccc2c1CNCc1ccccc1C. The number of aryl methyl sites for hydroxylation is 2. The van der Waals surface area contributed by atoms with E-state index in [9.17, 15) is 0 Å². The molecule has 0 saturated carbocycles. The first-order chi connectivity index (χ1) is 10.3. The van der Waals surface area contributed by atoms with Crippen molar-refractivity contribution in [1.29, 1.82) is 0 Å². The first-order valence-electron chi connectivity index (χ1n) is 7.54. The van der Waals surface area contributed by atoms with Gasteiger partial charge in [-0.1, -0.05) is 49.4 Å². The molecule has 0 aliphatic heterocycles. The Kier molecular flexibility index (Phi) is 4.07. The number of hydrogen-bond acceptors (Lipinski definition) is 2. The van der Waals surface area contributed by atoms with Crippen LogP contribution in [0.2, 0.25) is 0 Å². The van der Waals surface area contributed by atoms with Gasteiger partial charge in [-0.15, -0.1) is 0 Å². The van der Waals surface area contributed by atoms with E-state index in [4.69, 9.17) is 4.42 Å². The molecular weight excluding hydrogens is 258 g/mol. The predicted octanol–water partition coefficient (Wildman–Crippen LogP) is 4.59. The number of benzene rings is 2. The summed E-state index contributed by atoms with van der Waals surface area (Å²) >= 11 is 0.